The Morgan fingerprint density at radius 3 is 2.45 bits per heavy atom. The van der Waals surface area contributed by atoms with Gasteiger partial charge in [0.1, 0.15) is 21.2 Å². The number of fused-ring (bicyclic) bond motifs is 1. The number of rotatable bonds is 6. The number of carbonyl (C=O) groups is 1. The van der Waals surface area contributed by atoms with E-state index in [0.717, 1.165) is 28.0 Å². The number of amides is 1. The van der Waals surface area contributed by atoms with Crippen LogP contribution in [0.25, 0.3) is 22.3 Å². The number of sulfonamides is 1. The van der Waals surface area contributed by atoms with E-state index in [1.165, 1.54) is 12.1 Å². The van der Waals surface area contributed by atoms with Crippen molar-refractivity contribution in [3.63, 3.8) is 0 Å². The van der Waals surface area contributed by atoms with Gasteiger partial charge in [0.25, 0.3) is 15.9 Å². The first kappa shape index (κ1) is 28.9. The zero-order valence-corrected chi connectivity index (χ0v) is 26.7. The zero-order chi connectivity index (χ0) is 26.3. The van der Waals surface area contributed by atoms with Crippen molar-refractivity contribution < 1.29 is 44.2 Å². The Hall–Kier alpha value is -2.05. The molecule has 38 heavy (non-hydrogen) atoms. The summed E-state index contributed by atoms with van der Waals surface area (Å²) in [5.74, 6) is -0.118. The average molecular weight is 640 g/mol. The maximum absolute atomic E-state index is 12.9. The molecule has 3 heterocycles. The standard InChI is InChI=1S/C26H20BrClN4O3S2.Na.H/c1-15-12-21(26(33)31-37(34,35)23-11-10-22(27)36-23)30-25-24(15)29-16(2)32(25)14-19-9-8-18(13-20(19)28)17-6-4-3-5-7-17;;/h3-13H,14H2,1-2H3,(H,31,33);;/q;+1;-1. The van der Waals surface area contributed by atoms with Gasteiger partial charge in [0, 0.05) is 5.02 Å². The number of nitrogens with zero attached hydrogens (tertiary/aromatic N) is 3. The summed E-state index contributed by atoms with van der Waals surface area (Å²) in [4.78, 5) is 22.1. The Morgan fingerprint density at radius 1 is 1.05 bits per heavy atom. The molecule has 0 fully saturated rings. The van der Waals surface area contributed by atoms with Gasteiger partial charge in [-0.1, -0.05) is 54.1 Å². The van der Waals surface area contributed by atoms with Crippen LogP contribution in [0.5, 0.6) is 0 Å². The van der Waals surface area contributed by atoms with Crippen LogP contribution in [0.3, 0.4) is 0 Å². The summed E-state index contributed by atoms with van der Waals surface area (Å²) in [5.41, 5.74) is 4.74. The summed E-state index contributed by atoms with van der Waals surface area (Å²) in [5, 5.41) is 0.599. The molecule has 0 radical (unpaired) electrons. The number of pyridine rings is 1. The van der Waals surface area contributed by atoms with Gasteiger partial charge < -0.3 is 5.99 Å². The molecule has 5 rings (SSSR count). The van der Waals surface area contributed by atoms with E-state index in [2.05, 4.69) is 30.6 Å². The van der Waals surface area contributed by atoms with Gasteiger partial charge in [0.2, 0.25) is 0 Å². The second-order valence-electron chi connectivity index (χ2n) is 8.41. The van der Waals surface area contributed by atoms with Crippen LogP contribution in [-0.2, 0) is 16.6 Å². The minimum Gasteiger partial charge on any atom is -1.00 e. The predicted molar refractivity (Wildman–Crippen MR) is 151 cm³/mol. The number of halogens is 2. The third-order valence-electron chi connectivity index (χ3n) is 5.85. The Balaban J connectivity index is 0.00000210. The molecule has 0 aliphatic heterocycles. The van der Waals surface area contributed by atoms with E-state index >= 15 is 0 Å². The van der Waals surface area contributed by atoms with Gasteiger partial charge in [0.15, 0.2) is 5.65 Å². The van der Waals surface area contributed by atoms with Crippen LogP contribution < -0.4 is 34.3 Å². The van der Waals surface area contributed by atoms with Gasteiger partial charge >= 0.3 is 29.6 Å². The summed E-state index contributed by atoms with van der Waals surface area (Å²) in [6.07, 6.45) is 0. The van der Waals surface area contributed by atoms with E-state index in [-0.39, 0.29) is 40.9 Å². The second-order valence-corrected chi connectivity index (χ2v) is 13.2. The minimum absolute atomic E-state index is 0. The number of hydrogen-bond acceptors (Lipinski definition) is 6. The molecule has 0 bridgehead atoms. The quantitative estimate of drug-likeness (QED) is 0.287. The molecule has 0 spiro atoms. The van der Waals surface area contributed by atoms with Crippen LogP contribution in [0, 0.1) is 13.8 Å². The second kappa shape index (κ2) is 11.6. The van der Waals surface area contributed by atoms with Crippen LogP contribution in [0.4, 0.5) is 0 Å². The van der Waals surface area contributed by atoms with Crippen LogP contribution >= 0.6 is 38.9 Å². The summed E-state index contributed by atoms with van der Waals surface area (Å²) in [6.45, 7) is 4.05. The van der Waals surface area contributed by atoms with Crippen LogP contribution in [0.15, 0.2) is 74.7 Å². The molecular weight excluding hydrogens is 619 g/mol. The number of aryl methyl sites for hydroxylation is 2. The van der Waals surface area contributed by atoms with E-state index in [4.69, 9.17) is 11.6 Å². The van der Waals surface area contributed by atoms with Crippen molar-refractivity contribution in [1.82, 2.24) is 19.3 Å². The molecule has 0 saturated heterocycles. The first-order valence-electron chi connectivity index (χ1n) is 11.1. The Labute approximate surface area is 261 Å². The molecule has 1 amide bonds. The van der Waals surface area contributed by atoms with Gasteiger partial charge in [-0.05, 0) is 76.3 Å². The molecular formula is C26H21BrClN4NaO3S2. The van der Waals surface area contributed by atoms with E-state index in [0.29, 0.717) is 37.9 Å². The van der Waals surface area contributed by atoms with E-state index in [1.54, 1.807) is 6.07 Å². The monoisotopic (exact) mass is 638 g/mol. The minimum atomic E-state index is -4.03. The van der Waals surface area contributed by atoms with Crippen molar-refractivity contribution in [3.05, 3.63) is 98.2 Å². The van der Waals surface area contributed by atoms with E-state index in [1.807, 2.05) is 66.9 Å². The smallest absolute Gasteiger partial charge is 1.00 e. The van der Waals surface area contributed by atoms with Crippen LogP contribution in [-0.4, -0.2) is 28.9 Å². The number of nitrogens with one attached hydrogen (secondary N) is 1. The normalized spacial score (nSPS) is 11.4. The first-order chi connectivity index (χ1) is 17.6. The summed E-state index contributed by atoms with van der Waals surface area (Å²) < 4.78 is 30.0. The zero-order valence-electron chi connectivity index (χ0n) is 21.7. The van der Waals surface area contributed by atoms with Crippen LogP contribution in [0.2, 0.25) is 5.02 Å². The Kier molecular flexibility index (Phi) is 8.83. The van der Waals surface area contributed by atoms with Gasteiger partial charge in [-0.15, -0.1) is 11.3 Å². The summed E-state index contributed by atoms with van der Waals surface area (Å²) in [7, 11) is -4.03. The van der Waals surface area contributed by atoms with Gasteiger partial charge in [-0.3, -0.25) is 4.79 Å². The van der Waals surface area contributed by atoms with Crippen molar-refractivity contribution in [3.8, 4) is 11.1 Å². The third-order valence-corrected chi connectivity index (χ3v) is 9.64. The van der Waals surface area contributed by atoms with Crippen molar-refractivity contribution >= 4 is 66.0 Å². The van der Waals surface area contributed by atoms with Crippen molar-refractivity contribution in [2.24, 2.45) is 0 Å². The predicted octanol–water partition coefficient (Wildman–Crippen LogP) is 3.48. The number of thiophene rings is 1. The number of benzene rings is 2. The molecule has 0 saturated carbocycles. The maximum Gasteiger partial charge on any atom is 1.00 e. The maximum atomic E-state index is 12.9. The fourth-order valence-corrected chi connectivity index (χ4v) is 7.19. The fourth-order valence-electron chi connectivity index (χ4n) is 3.98. The molecule has 3 aromatic heterocycles. The molecule has 1 N–H and O–H groups in total. The molecule has 0 atom stereocenters. The molecule has 0 aliphatic rings. The Bertz CT molecular complexity index is 1780. The van der Waals surface area contributed by atoms with Gasteiger partial charge in [-0.2, -0.15) is 0 Å². The Morgan fingerprint density at radius 2 is 1.79 bits per heavy atom. The van der Waals surface area contributed by atoms with Gasteiger partial charge in [-0.25, -0.2) is 23.1 Å². The fraction of sp³-hybridized carbons (Fsp3) is 0.115. The van der Waals surface area contributed by atoms with E-state index in [9.17, 15) is 13.2 Å². The number of hydrogen-bond donors (Lipinski definition) is 1. The molecule has 12 heteroatoms. The number of aromatic nitrogens is 3. The number of imidazole rings is 1. The molecule has 0 aliphatic carbocycles. The largest absolute Gasteiger partial charge is 1.00 e. The molecule has 2 aromatic carbocycles. The van der Waals surface area contributed by atoms with Crippen molar-refractivity contribution in [2.75, 3.05) is 0 Å². The first-order valence-corrected chi connectivity index (χ1v) is 14.6. The van der Waals surface area contributed by atoms with Gasteiger partial charge in [0.05, 0.1) is 10.3 Å². The SMILES string of the molecule is Cc1cc(C(=O)NS(=O)(=O)c2ccc(Br)s2)nc2c1nc(C)n2Cc1ccc(-c2ccccc2)cc1Cl.[H-].[Na+]. The van der Waals surface area contributed by atoms with Crippen molar-refractivity contribution in [1.29, 1.82) is 0 Å². The molecule has 190 valence electrons. The summed E-state index contributed by atoms with van der Waals surface area (Å²) >= 11 is 10.9. The molecule has 0 unspecified atom stereocenters. The number of carbonyl (C=O) groups excluding carboxylic acids is 1. The molecule has 7 nitrogen and oxygen atoms in total. The average Bonchev–Trinajstić information content (AvgIpc) is 3.44. The van der Waals surface area contributed by atoms with E-state index < -0.39 is 15.9 Å². The topological polar surface area (TPSA) is 93.9 Å². The third kappa shape index (κ3) is 5.91. The molecule has 5 aromatic rings. The van der Waals surface area contributed by atoms with Crippen LogP contribution in [0.1, 0.15) is 28.9 Å². The summed E-state index contributed by atoms with van der Waals surface area (Å²) in [6, 6.07) is 20.4. The van der Waals surface area contributed by atoms with Crippen molar-refractivity contribution in [2.45, 2.75) is 24.6 Å².